The van der Waals surface area contributed by atoms with Gasteiger partial charge in [-0.3, -0.25) is 0 Å². The molecule has 0 saturated carbocycles. The molecular weight excluding hydrogens is 326 g/mol. The number of pyridine rings is 2. The lowest BCUT2D eigenvalue weighted by molar-refractivity contribution is 0.0641. The molecule has 3 heterocycles. The second kappa shape index (κ2) is 7.02. The van der Waals surface area contributed by atoms with Gasteiger partial charge in [0, 0.05) is 24.1 Å². The Bertz CT molecular complexity index is 924. The van der Waals surface area contributed by atoms with Crippen LogP contribution in [0, 0.1) is 13.8 Å². The minimum Gasteiger partial charge on any atom is -0.507 e. The fourth-order valence-corrected chi connectivity index (χ4v) is 3.52. The van der Waals surface area contributed by atoms with E-state index in [0.717, 1.165) is 59.6 Å². The fourth-order valence-electron chi connectivity index (χ4n) is 3.52. The van der Waals surface area contributed by atoms with Crippen LogP contribution in [0.1, 0.15) is 29.3 Å². The van der Waals surface area contributed by atoms with Crippen LogP contribution in [0.2, 0.25) is 0 Å². The van der Waals surface area contributed by atoms with Crippen molar-refractivity contribution in [3.8, 4) is 17.0 Å². The molecule has 1 atom stereocenters. The zero-order valence-electron chi connectivity index (χ0n) is 15.1. The number of nitrogens with one attached hydrogen (secondary N) is 1. The third-order valence-corrected chi connectivity index (χ3v) is 4.77. The van der Waals surface area contributed by atoms with Crippen LogP contribution in [0.25, 0.3) is 22.3 Å². The van der Waals surface area contributed by atoms with E-state index >= 15 is 0 Å². The number of benzene rings is 1. The quantitative estimate of drug-likeness (QED) is 0.739. The van der Waals surface area contributed by atoms with Gasteiger partial charge in [-0.25, -0.2) is 9.97 Å². The number of phenols is 1. The standard InChI is InChI=1S/C21H23N3O2/c1-13-10-14(2)20(18(25)11-13)17-7-5-15-4-6-16(23-21(15)24-17)19-12-22-8-3-9-26-19/h4-7,10-11,19,22,25H,3,8-9,12H2,1-2H3. The molecule has 1 aliphatic heterocycles. The van der Waals surface area contributed by atoms with Gasteiger partial charge in [-0.1, -0.05) is 6.07 Å². The minimum atomic E-state index is -0.0538. The van der Waals surface area contributed by atoms with Gasteiger partial charge in [-0.05, 0) is 68.3 Å². The van der Waals surface area contributed by atoms with Crippen molar-refractivity contribution in [1.82, 2.24) is 15.3 Å². The highest BCUT2D eigenvalue weighted by atomic mass is 16.5. The molecule has 0 spiro atoms. The number of nitrogens with zero attached hydrogens (tertiary/aromatic N) is 2. The highest BCUT2D eigenvalue weighted by Gasteiger charge is 2.17. The summed E-state index contributed by atoms with van der Waals surface area (Å²) in [4.78, 5) is 9.47. The molecule has 0 aliphatic carbocycles. The minimum absolute atomic E-state index is 0.0538. The van der Waals surface area contributed by atoms with Crippen LogP contribution in [0.15, 0.2) is 36.4 Å². The van der Waals surface area contributed by atoms with E-state index in [1.165, 1.54) is 0 Å². The van der Waals surface area contributed by atoms with E-state index in [1.807, 2.05) is 38.1 Å². The Kier molecular flexibility index (Phi) is 4.57. The summed E-state index contributed by atoms with van der Waals surface area (Å²) in [7, 11) is 0. The maximum Gasteiger partial charge on any atom is 0.160 e. The third-order valence-electron chi connectivity index (χ3n) is 4.77. The van der Waals surface area contributed by atoms with Crippen LogP contribution in [0.4, 0.5) is 0 Å². The average Bonchev–Trinajstić information content (AvgIpc) is 2.89. The first-order chi connectivity index (χ1) is 12.6. The molecular formula is C21H23N3O2. The van der Waals surface area contributed by atoms with Crippen LogP contribution >= 0.6 is 0 Å². The summed E-state index contributed by atoms with van der Waals surface area (Å²) in [6.07, 6.45) is 0.959. The van der Waals surface area contributed by atoms with Gasteiger partial charge < -0.3 is 15.2 Å². The number of aromatic hydroxyl groups is 1. The lowest BCUT2D eigenvalue weighted by Gasteiger charge is -2.15. The number of fused-ring (bicyclic) bond motifs is 1. The van der Waals surface area contributed by atoms with E-state index in [-0.39, 0.29) is 11.9 Å². The van der Waals surface area contributed by atoms with Gasteiger partial charge in [0.25, 0.3) is 0 Å². The first kappa shape index (κ1) is 16.9. The van der Waals surface area contributed by atoms with Crippen molar-refractivity contribution in [3.05, 3.63) is 53.2 Å². The second-order valence-electron chi connectivity index (χ2n) is 6.87. The topological polar surface area (TPSA) is 67.3 Å². The molecule has 2 aromatic heterocycles. The Morgan fingerprint density at radius 3 is 2.81 bits per heavy atom. The number of hydrogen-bond donors (Lipinski definition) is 2. The van der Waals surface area contributed by atoms with Gasteiger partial charge in [0.1, 0.15) is 11.9 Å². The molecule has 0 bridgehead atoms. The number of aromatic nitrogens is 2. The van der Waals surface area contributed by atoms with Crippen molar-refractivity contribution in [3.63, 3.8) is 0 Å². The number of hydrogen-bond acceptors (Lipinski definition) is 5. The number of ether oxygens (including phenoxy) is 1. The van der Waals surface area contributed by atoms with Gasteiger partial charge in [-0.2, -0.15) is 0 Å². The third kappa shape index (κ3) is 3.28. The highest BCUT2D eigenvalue weighted by Crippen LogP contribution is 2.33. The Morgan fingerprint density at radius 1 is 1.12 bits per heavy atom. The molecule has 1 aliphatic rings. The van der Waals surface area contributed by atoms with Gasteiger partial charge in [0.15, 0.2) is 5.65 Å². The first-order valence-corrected chi connectivity index (χ1v) is 9.02. The largest absolute Gasteiger partial charge is 0.507 e. The normalized spacial score (nSPS) is 18.0. The van der Waals surface area contributed by atoms with E-state index in [2.05, 4.69) is 11.4 Å². The fraction of sp³-hybridized carbons (Fsp3) is 0.333. The molecule has 134 valence electrons. The predicted octanol–water partition coefficient (Wildman–Crippen LogP) is 3.67. The summed E-state index contributed by atoms with van der Waals surface area (Å²) in [5.41, 5.74) is 5.09. The Balaban J connectivity index is 1.76. The molecule has 5 heteroatoms. The highest BCUT2D eigenvalue weighted by molar-refractivity contribution is 5.81. The lowest BCUT2D eigenvalue weighted by Crippen LogP contribution is -2.20. The van der Waals surface area contributed by atoms with E-state index in [1.54, 1.807) is 6.07 Å². The molecule has 3 aromatic rings. The molecule has 1 saturated heterocycles. The van der Waals surface area contributed by atoms with Gasteiger partial charge in [-0.15, -0.1) is 0 Å². The summed E-state index contributed by atoms with van der Waals surface area (Å²) in [6, 6.07) is 11.8. The van der Waals surface area contributed by atoms with E-state index in [4.69, 9.17) is 14.7 Å². The van der Waals surface area contributed by atoms with E-state index in [0.29, 0.717) is 5.65 Å². The van der Waals surface area contributed by atoms with Crippen molar-refractivity contribution in [2.75, 3.05) is 19.7 Å². The molecule has 1 aromatic carbocycles. The van der Waals surface area contributed by atoms with Crippen molar-refractivity contribution in [2.24, 2.45) is 0 Å². The Morgan fingerprint density at radius 2 is 1.96 bits per heavy atom. The predicted molar refractivity (Wildman–Crippen MR) is 102 cm³/mol. The number of phenolic OH excluding ortho intramolecular Hbond substituents is 1. The maximum absolute atomic E-state index is 10.4. The maximum atomic E-state index is 10.4. The van der Waals surface area contributed by atoms with E-state index in [9.17, 15) is 5.11 Å². The molecule has 1 fully saturated rings. The zero-order chi connectivity index (χ0) is 18.1. The Hall–Kier alpha value is -2.50. The van der Waals surface area contributed by atoms with Crippen LogP contribution in [-0.4, -0.2) is 34.8 Å². The van der Waals surface area contributed by atoms with Crippen LogP contribution in [0.5, 0.6) is 5.75 Å². The zero-order valence-corrected chi connectivity index (χ0v) is 15.1. The summed E-state index contributed by atoms with van der Waals surface area (Å²) < 4.78 is 5.91. The van der Waals surface area contributed by atoms with Gasteiger partial charge in [0.05, 0.1) is 11.4 Å². The molecule has 1 unspecified atom stereocenters. The van der Waals surface area contributed by atoms with Crippen molar-refractivity contribution in [1.29, 1.82) is 0 Å². The Labute approximate surface area is 153 Å². The van der Waals surface area contributed by atoms with Gasteiger partial charge in [0.2, 0.25) is 0 Å². The molecule has 0 amide bonds. The molecule has 2 N–H and O–H groups in total. The lowest BCUT2D eigenvalue weighted by atomic mass is 10.0. The van der Waals surface area contributed by atoms with Crippen LogP contribution in [0.3, 0.4) is 0 Å². The summed E-state index contributed by atoms with van der Waals surface area (Å²) in [6.45, 7) is 6.43. The van der Waals surface area contributed by atoms with Crippen molar-refractivity contribution < 1.29 is 9.84 Å². The number of aryl methyl sites for hydroxylation is 2. The molecule has 4 rings (SSSR count). The number of rotatable bonds is 2. The molecule has 26 heavy (non-hydrogen) atoms. The molecule has 5 nitrogen and oxygen atoms in total. The van der Waals surface area contributed by atoms with Crippen LogP contribution in [-0.2, 0) is 4.74 Å². The summed E-state index contributed by atoms with van der Waals surface area (Å²) in [5, 5.41) is 14.8. The SMILES string of the molecule is Cc1cc(C)c(-c2ccc3ccc(C4CNCCCO4)nc3n2)c(O)c1. The van der Waals surface area contributed by atoms with Crippen LogP contribution < -0.4 is 5.32 Å². The first-order valence-electron chi connectivity index (χ1n) is 9.02. The van der Waals surface area contributed by atoms with Gasteiger partial charge >= 0.3 is 0 Å². The smallest absolute Gasteiger partial charge is 0.160 e. The van der Waals surface area contributed by atoms with Crippen molar-refractivity contribution >= 4 is 11.0 Å². The average molecular weight is 349 g/mol. The molecule has 0 radical (unpaired) electrons. The summed E-state index contributed by atoms with van der Waals surface area (Å²) in [5.74, 6) is 0.252. The summed E-state index contributed by atoms with van der Waals surface area (Å²) >= 11 is 0. The monoisotopic (exact) mass is 349 g/mol. The second-order valence-corrected chi connectivity index (χ2v) is 6.87. The van der Waals surface area contributed by atoms with Crippen molar-refractivity contribution in [2.45, 2.75) is 26.4 Å². The van der Waals surface area contributed by atoms with E-state index < -0.39 is 0 Å².